The highest BCUT2D eigenvalue weighted by Crippen LogP contribution is 2.20. The van der Waals surface area contributed by atoms with Gasteiger partial charge in [-0.2, -0.15) is 0 Å². The molecule has 0 aliphatic rings. The molecule has 0 radical (unpaired) electrons. The summed E-state index contributed by atoms with van der Waals surface area (Å²) in [6.07, 6.45) is 0. The van der Waals surface area contributed by atoms with Crippen LogP contribution in [0.2, 0.25) is 0 Å². The van der Waals surface area contributed by atoms with Crippen molar-refractivity contribution in [2.45, 2.75) is 32.5 Å². The van der Waals surface area contributed by atoms with Gasteiger partial charge in [0.15, 0.2) is 0 Å². The van der Waals surface area contributed by atoms with Crippen LogP contribution in [0.4, 0.5) is 0 Å². The summed E-state index contributed by atoms with van der Waals surface area (Å²) in [7, 11) is 1.68. The Morgan fingerprint density at radius 3 is 2.41 bits per heavy atom. The molecule has 0 fully saturated rings. The van der Waals surface area contributed by atoms with Gasteiger partial charge >= 0.3 is 0 Å². The molecule has 0 aromatic heterocycles. The molecule has 0 heterocycles. The summed E-state index contributed by atoms with van der Waals surface area (Å²) in [5.74, 6) is 0.854. The van der Waals surface area contributed by atoms with E-state index < -0.39 is 0 Å². The number of methoxy groups -OCH3 is 1. The molecule has 0 amide bonds. The predicted molar refractivity (Wildman–Crippen MR) is 91.9 cm³/mol. The molecule has 2 aromatic rings. The first kappa shape index (κ1) is 16.5. The van der Waals surface area contributed by atoms with Gasteiger partial charge in [0.1, 0.15) is 5.75 Å². The molecule has 118 valence electrons. The lowest BCUT2D eigenvalue weighted by atomic mass is 10.1. The van der Waals surface area contributed by atoms with E-state index in [0.717, 1.165) is 24.4 Å². The minimum absolute atomic E-state index is 0.0267. The van der Waals surface area contributed by atoms with Crippen molar-refractivity contribution >= 4 is 0 Å². The monoisotopic (exact) mass is 298 g/mol. The Bertz CT molecular complexity index is 569. The van der Waals surface area contributed by atoms with Gasteiger partial charge in [-0.15, -0.1) is 0 Å². The van der Waals surface area contributed by atoms with Crippen LogP contribution < -0.4 is 10.5 Å². The van der Waals surface area contributed by atoms with Crippen molar-refractivity contribution in [3.05, 3.63) is 65.7 Å². The maximum absolute atomic E-state index is 6.41. The lowest BCUT2D eigenvalue weighted by molar-refractivity contribution is 0.200. The van der Waals surface area contributed by atoms with Crippen molar-refractivity contribution < 1.29 is 4.74 Å². The zero-order valence-corrected chi connectivity index (χ0v) is 13.7. The van der Waals surface area contributed by atoms with Crippen molar-refractivity contribution in [3.8, 4) is 5.75 Å². The summed E-state index contributed by atoms with van der Waals surface area (Å²) in [4.78, 5) is 2.40. The Balaban J connectivity index is 2.06. The third kappa shape index (κ3) is 4.58. The summed E-state index contributed by atoms with van der Waals surface area (Å²) >= 11 is 0. The number of nitrogens with two attached hydrogens (primary N) is 1. The van der Waals surface area contributed by atoms with E-state index in [1.807, 2.05) is 24.3 Å². The highest BCUT2D eigenvalue weighted by molar-refractivity contribution is 5.30. The van der Waals surface area contributed by atoms with E-state index >= 15 is 0 Å². The maximum Gasteiger partial charge on any atom is 0.119 e. The van der Waals surface area contributed by atoms with Gasteiger partial charge in [0.25, 0.3) is 0 Å². The molecule has 0 bridgehead atoms. The van der Waals surface area contributed by atoms with Crippen LogP contribution in [0.3, 0.4) is 0 Å². The fourth-order valence-corrected chi connectivity index (χ4v) is 2.51. The van der Waals surface area contributed by atoms with E-state index in [9.17, 15) is 0 Å². The molecular formula is C19H26N2O. The van der Waals surface area contributed by atoms with E-state index in [2.05, 4.69) is 49.1 Å². The summed E-state index contributed by atoms with van der Waals surface area (Å²) < 4.78 is 5.28. The Hall–Kier alpha value is -1.84. The summed E-state index contributed by atoms with van der Waals surface area (Å²) in [5.41, 5.74) is 8.84. The van der Waals surface area contributed by atoms with Crippen LogP contribution in [0.1, 0.15) is 31.0 Å². The van der Waals surface area contributed by atoms with Crippen LogP contribution in [-0.2, 0) is 6.54 Å². The predicted octanol–water partition coefficient (Wildman–Crippen LogP) is 3.61. The smallest absolute Gasteiger partial charge is 0.119 e. The number of rotatable bonds is 7. The second kappa shape index (κ2) is 7.97. The molecule has 3 nitrogen and oxygen atoms in total. The minimum atomic E-state index is -0.0267. The Morgan fingerprint density at radius 2 is 1.77 bits per heavy atom. The lowest BCUT2D eigenvalue weighted by Gasteiger charge is -2.29. The largest absolute Gasteiger partial charge is 0.497 e. The second-order valence-corrected chi connectivity index (χ2v) is 5.89. The van der Waals surface area contributed by atoms with E-state index in [1.165, 1.54) is 5.56 Å². The molecule has 0 saturated heterocycles. The molecule has 0 spiro atoms. The van der Waals surface area contributed by atoms with Crippen molar-refractivity contribution in [1.29, 1.82) is 0 Å². The SMILES string of the molecule is COc1cccc(C(N)CN(Cc2ccccc2)C(C)C)c1. The van der Waals surface area contributed by atoms with Crippen molar-refractivity contribution in [1.82, 2.24) is 4.90 Å². The fraction of sp³-hybridized carbons (Fsp3) is 0.368. The van der Waals surface area contributed by atoms with E-state index in [1.54, 1.807) is 7.11 Å². The average molecular weight is 298 g/mol. The van der Waals surface area contributed by atoms with Gasteiger partial charge in [0.2, 0.25) is 0 Å². The summed E-state index contributed by atoms with van der Waals surface area (Å²) in [5, 5.41) is 0. The molecule has 2 rings (SSSR count). The van der Waals surface area contributed by atoms with Gasteiger partial charge in [-0.05, 0) is 37.1 Å². The highest BCUT2D eigenvalue weighted by Gasteiger charge is 2.16. The Morgan fingerprint density at radius 1 is 1.05 bits per heavy atom. The summed E-state index contributed by atoms with van der Waals surface area (Å²) in [6.45, 7) is 6.15. The number of ether oxygens (including phenoxy) is 1. The van der Waals surface area contributed by atoms with Crippen LogP contribution in [0, 0.1) is 0 Å². The van der Waals surface area contributed by atoms with Crippen molar-refractivity contribution in [2.24, 2.45) is 5.73 Å². The van der Waals surface area contributed by atoms with Gasteiger partial charge in [-0.25, -0.2) is 0 Å². The zero-order chi connectivity index (χ0) is 15.9. The molecule has 0 aliphatic carbocycles. The third-order valence-electron chi connectivity index (χ3n) is 3.91. The molecular weight excluding hydrogens is 272 g/mol. The van der Waals surface area contributed by atoms with Crippen molar-refractivity contribution in [3.63, 3.8) is 0 Å². The van der Waals surface area contributed by atoms with Gasteiger partial charge in [0, 0.05) is 25.2 Å². The zero-order valence-electron chi connectivity index (χ0n) is 13.7. The van der Waals surface area contributed by atoms with Crippen LogP contribution in [0.15, 0.2) is 54.6 Å². The Labute approximate surface area is 133 Å². The van der Waals surface area contributed by atoms with Crippen molar-refractivity contribution in [2.75, 3.05) is 13.7 Å². The van der Waals surface area contributed by atoms with Gasteiger partial charge < -0.3 is 10.5 Å². The van der Waals surface area contributed by atoms with Crippen LogP contribution in [0.5, 0.6) is 5.75 Å². The number of benzene rings is 2. The third-order valence-corrected chi connectivity index (χ3v) is 3.91. The molecule has 0 saturated carbocycles. The first-order chi connectivity index (χ1) is 10.6. The van der Waals surface area contributed by atoms with Crippen LogP contribution in [0.25, 0.3) is 0 Å². The summed E-state index contributed by atoms with van der Waals surface area (Å²) in [6, 6.07) is 19.0. The molecule has 2 aromatic carbocycles. The molecule has 0 aliphatic heterocycles. The number of nitrogens with zero attached hydrogens (tertiary/aromatic N) is 1. The maximum atomic E-state index is 6.41. The van der Waals surface area contributed by atoms with Gasteiger partial charge in [-0.1, -0.05) is 42.5 Å². The van der Waals surface area contributed by atoms with Crippen LogP contribution >= 0.6 is 0 Å². The van der Waals surface area contributed by atoms with Gasteiger partial charge in [-0.3, -0.25) is 4.90 Å². The molecule has 1 unspecified atom stereocenters. The highest BCUT2D eigenvalue weighted by atomic mass is 16.5. The molecule has 22 heavy (non-hydrogen) atoms. The first-order valence-electron chi connectivity index (χ1n) is 7.77. The molecule has 1 atom stereocenters. The minimum Gasteiger partial charge on any atom is -0.497 e. The van der Waals surface area contributed by atoms with Gasteiger partial charge in [0.05, 0.1) is 7.11 Å². The standard InChI is InChI=1S/C19H26N2O/c1-15(2)21(13-16-8-5-4-6-9-16)14-19(20)17-10-7-11-18(12-17)22-3/h4-12,15,19H,13-14,20H2,1-3H3. The Kier molecular flexibility index (Phi) is 5.99. The molecule has 2 N–H and O–H groups in total. The quantitative estimate of drug-likeness (QED) is 0.848. The topological polar surface area (TPSA) is 38.5 Å². The van der Waals surface area contributed by atoms with E-state index in [-0.39, 0.29) is 6.04 Å². The van der Waals surface area contributed by atoms with E-state index in [4.69, 9.17) is 10.5 Å². The number of hydrogen-bond donors (Lipinski definition) is 1. The average Bonchev–Trinajstić information content (AvgIpc) is 2.55. The first-order valence-corrected chi connectivity index (χ1v) is 7.77. The van der Waals surface area contributed by atoms with E-state index in [0.29, 0.717) is 6.04 Å². The normalized spacial score (nSPS) is 12.6. The fourth-order valence-electron chi connectivity index (χ4n) is 2.51. The van der Waals surface area contributed by atoms with Crippen LogP contribution in [-0.4, -0.2) is 24.6 Å². The molecule has 3 heteroatoms. The number of hydrogen-bond acceptors (Lipinski definition) is 3. The second-order valence-electron chi connectivity index (χ2n) is 5.89. The lowest BCUT2D eigenvalue weighted by Crippen LogP contribution is -2.36.